The summed E-state index contributed by atoms with van der Waals surface area (Å²) in [5.74, 6) is 1.72. The van der Waals surface area contributed by atoms with E-state index >= 15 is 0 Å². The van der Waals surface area contributed by atoms with Gasteiger partial charge < -0.3 is 14.6 Å². The molecule has 30 heavy (non-hydrogen) atoms. The van der Waals surface area contributed by atoms with Crippen molar-refractivity contribution in [2.24, 2.45) is 0 Å². The predicted octanol–water partition coefficient (Wildman–Crippen LogP) is 7.56. The molecule has 0 aliphatic rings. The van der Waals surface area contributed by atoms with Crippen LogP contribution in [0.3, 0.4) is 0 Å². The van der Waals surface area contributed by atoms with Crippen molar-refractivity contribution in [3.8, 4) is 17.1 Å². The number of halogens is 2. The molecule has 0 spiro atoms. The van der Waals surface area contributed by atoms with Gasteiger partial charge in [-0.25, -0.2) is 4.98 Å². The number of imidazole rings is 1. The van der Waals surface area contributed by atoms with Gasteiger partial charge in [0.25, 0.3) is 0 Å². The lowest BCUT2D eigenvalue weighted by molar-refractivity contribution is 0.340. The minimum atomic E-state index is 0.627. The van der Waals surface area contributed by atoms with Crippen LogP contribution in [0, 0.1) is 0 Å². The first kappa shape index (κ1) is 20.6. The van der Waals surface area contributed by atoms with Crippen molar-refractivity contribution in [2.45, 2.75) is 26.8 Å². The lowest BCUT2D eigenvalue weighted by atomic mass is 10.1. The monoisotopic (exact) mass is 439 g/mol. The van der Waals surface area contributed by atoms with Gasteiger partial charge in [0.15, 0.2) is 0 Å². The second-order valence-electron chi connectivity index (χ2n) is 6.97. The van der Waals surface area contributed by atoms with E-state index in [-0.39, 0.29) is 0 Å². The lowest BCUT2D eigenvalue weighted by Gasteiger charge is -2.12. The summed E-state index contributed by atoms with van der Waals surface area (Å²) in [5, 5.41) is 4.70. The molecule has 4 aromatic rings. The highest BCUT2D eigenvalue weighted by Gasteiger charge is 2.15. The summed E-state index contributed by atoms with van der Waals surface area (Å²) < 4.78 is 7.66. The van der Waals surface area contributed by atoms with Gasteiger partial charge in [-0.2, -0.15) is 0 Å². The van der Waals surface area contributed by atoms with Crippen molar-refractivity contribution in [3.63, 3.8) is 0 Å². The number of aryl methyl sites for hydroxylation is 1. The molecular formula is C24H23Cl2N3O. The predicted molar refractivity (Wildman–Crippen MR) is 126 cm³/mol. The van der Waals surface area contributed by atoms with Crippen LogP contribution in [-0.2, 0) is 6.54 Å². The minimum absolute atomic E-state index is 0.627. The summed E-state index contributed by atoms with van der Waals surface area (Å²) in [4.78, 5) is 4.83. The van der Waals surface area contributed by atoms with Gasteiger partial charge in [0.05, 0.1) is 33.4 Å². The van der Waals surface area contributed by atoms with E-state index in [0.717, 1.165) is 52.5 Å². The Labute approximate surface area is 186 Å². The maximum atomic E-state index is 6.62. The standard InChI is InChI=1S/C24H23Cl2N3O/c1-3-14-29-23-19(25)6-5-7-22(23)28-24(29)16-8-13-21(20(26)15-16)27-17-9-11-18(12-10-17)30-4-2/h5-13,15,27H,3-4,14H2,1-2H3. The number of rotatable bonds is 7. The topological polar surface area (TPSA) is 39.1 Å². The third kappa shape index (κ3) is 4.11. The average Bonchev–Trinajstić information content (AvgIpc) is 3.11. The Morgan fingerprint density at radius 3 is 2.47 bits per heavy atom. The highest BCUT2D eigenvalue weighted by Crippen LogP contribution is 2.34. The molecule has 0 unspecified atom stereocenters. The summed E-state index contributed by atoms with van der Waals surface area (Å²) in [6, 6.07) is 19.6. The van der Waals surface area contributed by atoms with Crippen molar-refractivity contribution in [2.75, 3.05) is 11.9 Å². The molecule has 0 amide bonds. The molecule has 0 fully saturated rings. The number of benzene rings is 3. The van der Waals surface area contributed by atoms with Crippen LogP contribution in [0.2, 0.25) is 10.0 Å². The average molecular weight is 440 g/mol. The zero-order valence-corrected chi connectivity index (χ0v) is 18.5. The molecule has 3 aromatic carbocycles. The highest BCUT2D eigenvalue weighted by molar-refractivity contribution is 6.35. The molecule has 6 heteroatoms. The Bertz CT molecular complexity index is 1170. The van der Waals surface area contributed by atoms with E-state index in [9.17, 15) is 0 Å². The normalized spacial score (nSPS) is 11.1. The molecule has 4 rings (SSSR count). The van der Waals surface area contributed by atoms with Gasteiger partial charge >= 0.3 is 0 Å². The van der Waals surface area contributed by atoms with Crippen molar-refractivity contribution in [1.82, 2.24) is 9.55 Å². The van der Waals surface area contributed by atoms with Crippen LogP contribution in [0.5, 0.6) is 5.75 Å². The molecule has 1 aromatic heterocycles. The van der Waals surface area contributed by atoms with Crippen molar-refractivity contribution >= 4 is 45.6 Å². The molecule has 0 saturated carbocycles. The zero-order chi connectivity index (χ0) is 21.1. The number of hydrogen-bond donors (Lipinski definition) is 1. The van der Waals surface area contributed by atoms with Crippen LogP contribution in [-0.4, -0.2) is 16.2 Å². The number of anilines is 2. The van der Waals surface area contributed by atoms with Crippen LogP contribution in [0.4, 0.5) is 11.4 Å². The Morgan fingerprint density at radius 2 is 1.77 bits per heavy atom. The summed E-state index contributed by atoms with van der Waals surface area (Å²) in [7, 11) is 0. The molecule has 0 saturated heterocycles. The van der Waals surface area contributed by atoms with E-state index in [1.54, 1.807) is 0 Å². The Kier molecular flexibility index (Phi) is 6.16. The van der Waals surface area contributed by atoms with Crippen LogP contribution in [0.15, 0.2) is 60.7 Å². The number of hydrogen-bond acceptors (Lipinski definition) is 3. The Hall–Kier alpha value is -2.69. The quantitative estimate of drug-likeness (QED) is 0.322. The van der Waals surface area contributed by atoms with Crippen molar-refractivity contribution in [3.05, 3.63) is 70.7 Å². The molecule has 0 aliphatic heterocycles. The number of nitrogens with zero attached hydrogens (tertiary/aromatic N) is 2. The second-order valence-corrected chi connectivity index (χ2v) is 7.79. The van der Waals surface area contributed by atoms with E-state index in [2.05, 4.69) is 16.8 Å². The van der Waals surface area contributed by atoms with E-state index in [0.29, 0.717) is 16.7 Å². The fraction of sp³-hybridized carbons (Fsp3) is 0.208. The number of nitrogens with one attached hydrogen (secondary N) is 1. The lowest BCUT2D eigenvalue weighted by Crippen LogP contribution is -2.00. The van der Waals surface area contributed by atoms with Gasteiger partial charge in [0.2, 0.25) is 0 Å². The smallest absolute Gasteiger partial charge is 0.141 e. The molecular weight excluding hydrogens is 417 g/mol. The summed E-state index contributed by atoms with van der Waals surface area (Å²) in [6.45, 7) is 5.59. The molecule has 4 nitrogen and oxygen atoms in total. The maximum Gasteiger partial charge on any atom is 0.141 e. The maximum absolute atomic E-state index is 6.62. The number of aromatic nitrogens is 2. The van der Waals surface area contributed by atoms with Crippen LogP contribution in [0.25, 0.3) is 22.4 Å². The van der Waals surface area contributed by atoms with Crippen molar-refractivity contribution < 1.29 is 4.74 Å². The third-order valence-electron chi connectivity index (χ3n) is 4.84. The number of ether oxygens (including phenoxy) is 1. The van der Waals surface area contributed by atoms with Gasteiger partial charge in [-0.1, -0.05) is 36.2 Å². The molecule has 0 bridgehead atoms. The molecule has 0 aliphatic carbocycles. The fourth-order valence-corrected chi connectivity index (χ4v) is 4.02. The largest absolute Gasteiger partial charge is 0.494 e. The van der Waals surface area contributed by atoms with Crippen LogP contribution in [0.1, 0.15) is 20.3 Å². The van der Waals surface area contributed by atoms with Gasteiger partial charge in [-0.15, -0.1) is 0 Å². The molecule has 0 atom stereocenters. The summed E-state index contributed by atoms with van der Waals surface area (Å²) >= 11 is 13.1. The Balaban J connectivity index is 1.66. The Morgan fingerprint density at radius 1 is 0.967 bits per heavy atom. The second kappa shape index (κ2) is 8.99. The SMILES string of the molecule is CCCn1c(-c2ccc(Nc3ccc(OCC)cc3)c(Cl)c2)nc2cccc(Cl)c21. The molecule has 1 heterocycles. The third-order valence-corrected chi connectivity index (χ3v) is 5.45. The van der Waals surface area contributed by atoms with Crippen molar-refractivity contribution in [1.29, 1.82) is 0 Å². The first-order chi connectivity index (χ1) is 14.6. The molecule has 1 N–H and O–H groups in total. The van der Waals surface area contributed by atoms with Gasteiger partial charge in [0.1, 0.15) is 11.6 Å². The molecule has 0 radical (unpaired) electrons. The zero-order valence-electron chi connectivity index (χ0n) is 17.0. The summed E-state index contributed by atoms with van der Waals surface area (Å²) in [6.07, 6.45) is 0.981. The van der Waals surface area contributed by atoms with Gasteiger partial charge in [-0.3, -0.25) is 0 Å². The van der Waals surface area contributed by atoms with E-state index < -0.39 is 0 Å². The first-order valence-electron chi connectivity index (χ1n) is 10.0. The van der Waals surface area contributed by atoms with Gasteiger partial charge in [0, 0.05) is 17.8 Å². The number of para-hydroxylation sites is 1. The van der Waals surface area contributed by atoms with E-state index in [4.69, 9.17) is 32.9 Å². The van der Waals surface area contributed by atoms with Crippen LogP contribution >= 0.6 is 23.2 Å². The number of fused-ring (bicyclic) bond motifs is 1. The first-order valence-corrected chi connectivity index (χ1v) is 10.8. The highest BCUT2D eigenvalue weighted by atomic mass is 35.5. The molecule has 154 valence electrons. The van der Waals surface area contributed by atoms with Crippen LogP contribution < -0.4 is 10.1 Å². The van der Waals surface area contributed by atoms with E-state index in [1.807, 2.05) is 67.6 Å². The van der Waals surface area contributed by atoms with Gasteiger partial charge in [-0.05, 0) is 67.9 Å². The fourth-order valence-electron chi connectivity index (χ4n) is 3.52. The summed E-state index contributed by atoms with van der Waals surface area (Å²) in [5.41, 5.74) is 4.58. The minimum Gasteiger partial charge on any atom is -0.494 e. The van der Waals surface area contributed by atoms with E-state index in [1.165, 1.54) is 0 Å².